The highest BCUT2D eigenvalue weighted by molar-refractivity contribution is 6.52. The van der Waals surface area contributed by atoms with Crippen LogP contribution in [0, 0.1) is 5.41 Å². The highest BCUT2D eigenvalue weighted by Gasteiger charge is 2.31. The highest BCUT2D eigenvalue weighted by Crippen LogP contribution is 2.29. The molecular formula is C16H16O3. The van der Waals surface area contributed by atoms with Crippen LogP contribution in [0.2, 0.25) is 0 Å². The summed E-state index contributed by atoms with van der Waals surface area (Å²) in [7, 11) is 0. The number of ketones is 2. The lowest BCUT2D eigenvalue weighted by molar-refractivity contribution is -0.111. The number of aliphatic hydroxyl groups is 1. The fraction of sp³-hybridized carbons (Fsp3) is 0.250. The van der Waals surface area contributed by atoms with Crippen LogP contribution in [0.5, 0.6) is 0 Å². The van der Waals surface area contributed by atoms with Crippen molar-refractivity contribution < 1.29 is 14.7 Å². The summed E-state index contributed by atoms with van der Waals surface area (Å²) in [5, 5.41) is 10.2. The van der Waals surface area contributed by atoms with Crippen LogP contribution in [0.25, 0.3) is 5.76 Å². The van der Waals surface area contributed by atoms with Gasteiger partial charge in [0.25, 0.3) is 0 Å². The number of hydrogen-bond donors (Lipinski definition) is 1. The lowest BCUT2D eigenvalue weighted by atomic mass is 9.86. The lowest BCUT2D eigenvalue weighted by Crippen LogP contribution is -2.23. The monoisotopic (exact) mass is 256 g/mol. The number of carbonyl (C=O) groups is 2. The Morgan fingerprint density at radius 3 is 2.16 bits per heavy atom. The fourth-order valence-electron chi connectivity index (χ4n) is 1.87. The molecule has 19 heavy (non-hydrogen) atoms. The van der Waals surface area contributed by atoms with Gasteiger partial charge in [-0.1, -0.05) is 57.2 Å². The molecule has 0 radical (unpaired) electrons. The summed E-state index contributed by atoms with van der Waals surface area (Å²) < 4.78 is 0. The van der Waals surface area contributed by atoms with Crippen molar-refractivity contribution in [3.8, 4) is 0 Å². The van der Waals surface area contributed by atoms with Crippen LogP contribution in [-0.2, 0) is 4.79 Å². The third-order valence-corrected chi connectivity index (χ3v) is 2.88. The molecule has 0 saturated heterocycles. The zero-order chi connectivity index (χ0) is 14.2. The van der Waals surface area contributed by atoms with Crippen LogP contribution in [0.3, 0.4) is 0 Å². The van der Waals surface area contributed by atoms with Crippen LogP contribution < -0.4 is 0 Å². The molecule has 1 aliphatic carbocycles. The van der Waals surface area contributed by atoms with Gasteiger partial charge < -0.3 is 5.11 Å². The van der Waals surface area contributed by atoms with E-state index in [0.29, 0.717) is 5.56 Å². The van der Waals surface area contributed by atoms with E-state index in [1.54, 1.807) is 30.3 Å². The summed E-state index contributed by atoms with van der Waals surface area (Å²) in [6, 6.07) is 6.59. The van der Waals surface area contributed by atoms with Gasteiger partial charge in [0.15, 0.2) is 0 Å². The number of rotatable bonds is 1. The average Bonchev–Trinajstić information content (AvgIpc) is 2.35. The second-order valence-corrected chi connectivity index (χ2v) is 5.67. The van der Waals surface area contributed by atoms with Gasteiger partial charge in [0.1, 0.15) is 5.76 Å². The van der Waals surface area contributed by atoms with Crippen molar-refractivity contribution in [2.75, 3.05) is 0 Å². The maximum absolute atomic E-state index is 12.0. The van der Waals surface area contributed by atoms with Crippen molar-refractivity contribution in [3.05, 3.63) is 53.1 Å². The second kappa shape index (κ2) is 4.50. The molecule has 0 bridgehead atoms. The highest BCUT2D eigenvalue weighted by atomic mass is 16.3. The molecule has 0 saturated carbocycles. The summed E-state index contributed by atoms with van der Waals surface area (Å²) in [5.74, 6) is -1.35. The van der Waals surface area contributed by atoms with Crippen molar-refractivity contribution in [2.24, 2.45) is 5.41 Å². The first-order chi connectivity index (χ1) is 8.81. The molecule has 0 amide bonds. The number of aliphatic hydroxyl groups excluding tert-OH is 1. The van der Waals surface area contributed by atoms with Crippen LogP contribution >= 0.6 is 0 Å². The molecule has 0 atom stereocenters. The minimum Gasteiger partial charge on any atom is -0.507 e. The number of hydrogen-bond acceptors (Lipinski definition) is 3. The molecular weight excluding hydrogens is 240 g/mol. The summed E-state index contributed by atoms with van der Waals surface area (Å²) in [6.07, 6.45) is 3.34. The molecule has 0 unspecified atom stereocenters. The number of fused-ring (bicyclic) bond motifs is 1. The molecule has 1 aromatic carbocycles. The van der Waals surface area contributed by atoms with Gasteiger partial charge in [-0.3, -0.25) is 9.59 Å². The van der Waals surface area contributed by atoms with E-state index in [9.17, 15) is 14.7 Å². The van der Waals surface area contributed by atoms with Crippen molar-refractivity contribution in [2.45, 2.75) is 20.8 Å². The van der Waals surface area contributed by atoms with Gasteiger partial charge in [0, 0.05) is 11.1 Å². The van der Waals surface area contributed by atoms with Crippen molar-refractivity contribution in [1.29, 1.82) is 0 Å². The predicted molar refractivity (Wildman–Crippen MR) is 73.9 cm³/mol. The number of Topliss-reactive ketones (excluding diaryl/α,β-unsaturated/α-hetero) is 2. The molecule has 0 aliphatic heterocycles. The van der Waals surface area contributed by atoms with E-state index in [4.69, 9.17) is 0 Å². The first kappa shape index (κ1) is 13.3. The summed E-state index contributed by atoms with van der Waals surface area (Å²) >= 11 is 0. The van der Waals surface area contributed by atoms with Crippen LogP contribution in [0.15, 0.2) is 42.0 Å². The zero-order valence-corrected chi connectivity index (χ0v) is 11.2. The van der Waals surface area contributed by atoms with E-state index < -0.39 is 11.6 Å². The number of benzene rings is 1. The topological polar surface area (TPSA) is 54.4 Å². The zero-order valence-electron chi connectivity index (χ0n) is 11.2. The van der Waals surface area contributed by atoms with Crippen LogP contribution in [0.4, 0.5) is 0 Å². The van der Waals surface area contributed by atoms with Gasteiger partial charge in [-0.2, -0.15) is 0 Å². The summed E-state index contributed by atoms with van der Waals surface area (Å²) in [5.41, 5.74) is 0.616. The average molecular weight is 256 g/mol. The second-order valence-electron chi connectivity index (χ2n) is 5.67. The summed E-state index contributed by atoms with van der Waals surface area (Å²) in [4.78, 5) is 24.0. The Bertz CT molecular complexity index is 613. The molecule has 3 nitrogen and oxygen atoms in total. The van der Waals surface area contributed by atoms with Crippen molar-refractivity contribution >= 4 is 17.3 Å². The fourth-order valence-corrected chi connectivity index (χ4v) is 1.87. The van der Waals surface area contributed by atoms with Crippen molar-refractivity contribution in [1.82, 2.24) is 0 Å². The molecule has 3 heteroatoms. The molecule has 0 aromatic heterocycles. The molecule has 1 aliphatic rings. The molecule has 1 aromatic rings. The maximum Gasteiger partial charge on any atom is 0.237 e. The first-order valence-corrected chi connectivity index (χ1v) is 6.12. The van der Waals surface area contributed by atoms with E-state index >= 15 is 0 Å². The third-order valence-electron chi connectivity index (χ3n) is 2.88. The SMILES string of the molecule is CC(C)(C)C=CC1=C(O)c2ccccc2C(=O)C1=O. The maximum atomic E-state index is 12.0. The van der Waals surface area contributed by atoms with Gasteiger partial charge in [-0.15, -0.1) is 0 Å². The molecule has 98 valence electrons. The Labute approximate surface area is 112 Å². The predicted octanol–water partition coefficient (Wildman–Crippen LogP) is 3.32. The lowest BCUT2D eigenvalue weighted by Gasteiger charge is -2.17. The Hall–Kier alpha value is -2.16. The molecule has 0 spiro atoms. The Morgan fingerprint density at radius 1 is 1.00 bits per heavy atom. The molecule has 2 rings (SSSR count). The Morgan fingerprint density at radius 2 is 1.58 bits per heavy atom. The van der Waals surface area contributed by atoms with Gasteiger partial charge in [-0.05, 0) is 5.41 Å². The van der Waals surface area contributed by atoms with Gasteiger partial charge in [0.05, 0.1) is 5.57 Å². The van der Waals surface area contributed by atoms with Gasteiger partial charge in [-0.25, -0.2) is 0 Å². The minimum atomic E-state index is -0.656. The van der Waals surface area contributed by atoms with Gasteiger partial charge in [0.2, 0.25) is 11.6 Å². The van der Waals surface area contributed by atoms with E-state index in [1.165, 1.54) is 6.08 Å². The molecule has 0 heterocycles. The van der Waals surface area contributed by atoms with E-state index in [1.807, 2.05) is 20.8 Å². The number of carbonyl (C=O) groups excluding carboxylic acids is 2. The van der Waals surface area contributed by atoms with E-state index in [-0.39, 0.29) is 22.3 Å². The van der Waals surface area contributed by atoms with Crippen LogP contribution in [-0.4, -0.2) is 16.7 Å². The largest absolute Gasteiger partial charge is 0.507 e. The quantitative estimate of drug-likeness (QED) is 0.784. The normalized spacial score (nSPS) is 16.2. The molecule has 0 fully saturated rings. The van der Waals surface area contributed by atoms with Gasteiger partial charge >= 0.3 is 0 Å². The third kappa shape index (κ3) is 2.50. The smallest absolute Gasteiger partial charge is 0.237 e. The standard InChI is InChI=1S/C16H16O3/c1-16(2,3)9-8-12-13(17)10-6-4-5-7-11(10)14(18)15(12)19/h4-9,17H,1-3H3. The van der Waals surface area contributed by atoms with Crippen molar-refractivity contribution in [3.63, 3.8) is 0 Å². The Kier molecular flexibility index (Phi) is 3.14. The Balaban J connectivity index is 2.58. The van der Waals surface area contributed by atoms with E-state index in [0.717, 1.165) is 0 Å². The summed E-state index contributed by atoms with van der Waals surface area (Å²) in [6.45, 7) is 5.93. The van der Waals surface area contributed by atoms with E-state index in [2.05, 4.69) is 0 Å². The van der Waals surface area contributed by atoms with Crippen LogP contribution in [0.1, 0.15) is 36.7 Å². The number of allylic oxidation sites excluding steroid dienone is 3. The molecule has 1 N–H and O–H groups in total. The first-order valence-electron chi connectivity index (χ1n) is 6.12. The minimum absolute atomic E-state index is 0.0682.